The van der Waals surface area contributed by atoms with Gasteiger partial charge in [-0.25, -0.2) is 19.3 Å². The third-order valence-electron chi connectivity index (χ3n) is 5.35. The molecule has 2 saturated heterocycles. The summed E-state index contributed by atoms with van der Waals surface area (Å²) >= 11 is 0. The fourth-order valence-corrected chi connectivity index (χ4v) is 3.90. The molecule has 2 aromatic rings. The highest BCUT2D eigenvalue weighted by molar-refractivity contribution is 5.42. The Morgan fingerprint density at radius 3 is 2.85 bits per heavy atom. The molecule has 26 heavy (non-hydrogen) atoms. The number of imidazole rings is 1. The van der Waals surface area contributed by atoms with E-state index in [1.54, 1.807) is 6.33 Å². The van der Waals surface area contributed by atoms with Gasteiger partial charge in [0.1, 0.15) is 6.33 Å². The molecule has 0 aliphatic carbocycles. The van der Waals surface area contributed by atoms with Gasteiger partial charge in [0.25, 0.3) is 0 Å². The number of hydrogen-bond acceptors (Lipinski definition) is 6. The van der Waals surface area contributed by atoms with Crippen molar-refractivity contribution < 1.29 is 9.13 Å². The molecular weight excluding hydrogens is 335 g/mol. The Hall–Kier alpha value is -2.06. The molecule has 2 aliphatic heterocycles. The van der Waals surface area contributed by atoms with Crippen LogP contribution in [0.2, 0.25) is 0 Å². The quantitative estimate of drug-likeness (QED) is 0.892. The first kappa shape index (κ1) is 17.4. The number of fused-ring (bicyclic) bond motifs is 3. The zero-order chi connectivity index (χ0) is 18.1. The van der Waals surface area contributed by atoms with Crippen molar-refractivity contribution in [2.75, 3.05) is 37.7 Å². The molecule has 7 nitrogen and oxygen atoms in total. The van der Waals surface area contributed by atoms with Gasteiger partial charge >= 0.3 is 0 Å². The SMILES string of the molecule is CCc1ncnc(N2C[C@@H]3COC[C@H](C2)N(Cc2nc[nH]c2C)C3)c1F. The first-order valence-electron chi connectivity index (χ1n) is 9.20. The molecule has 0 aromatic carbocycles. The Morgan fingerprint density at radius 1 is 1.19 bits per heavy atom. The number of aromatic nitrogens is 4. The fourth-order valence-electron chi connectivity index (χ4n) is 3.90. The van der Waals surface area contributed by atoms with Crippen LogP contribution in [0.15, 0.2) is 12.7 Å². The van der Waals surface area contributed by atoms with E-state index in [9.17, 15) is 4.39 Å². The molecule has 140 valence electrons. The molecule has 0 radical (unpaired) electrons. The summed E-state index contributed by atoms with van der Waals surface area (Å²) in [6, 6.07) is 0.179. The van der Waals surface area contributed by atoms with Gasteiger partial charge in [0.05, 0.1) is 37.0 Å². The lowest BCUT2D eigenvalue weighted by Gasteiger charge is -2.31. The second kappa shape index (κ2) is 7.28. The number of nitrogens with zero attached hydrogens (tertiary/aromatic N) is 5. The van der Waals surface area contributed by atoms with Crippen LogP contribution >= 0.6 is 0 Å². The molecule has 0 spiro atoms. The first-order chi connectivity index (χ1) is 12.7. The van der Waals surface area contributed by atoms with E-state index in [0.29, 0.717) is 43.6 Å². The molecule has 2 atom stereocenters. The summed E-state index contributed by atoms with van der Waals surface area (Å²) in [4.78, 5) is 20.4. The highest BCUT2D eigenvalue weighted by Crippen LogP contribution is 2.27. The van der Waals surface area contributed by atoms with Crippen molar-refractivity contribution in [3.8, 4) is 0 Å². The first-order valence-corrected chi connectivity index (χ1v) is 9.20. The maximum atomic E-state index is 14.8. The van der Waals surface area contributed by atoms with Crippen LogP contribution < -0.4 is 4.90 Å². The summed E-state index contributed by atoms with van der Waals surface area (Å²) < 4.78 is 20.7. The predicted molar refractivity (Wildman–Crippen MR) is 95.4 cm³/mol. The minimum Gasteiger partial charge on any atom is -0.379 e. The van der Waals surface area contributed by atoms with Gasteiger partial charge in [-0.3, -0.25) is 4.90 Å². The van der Waals surface area contributed by atoms with Crippen molar-refractivity contribution in [2.45, 2.75) is 32.9 Å². The van der Waals surface area contributed by atoms with Crippen LogP contribution in [-0.2, 0) is 17.7 Å². The Bertz CT molecular complexity index is 766. The number of H-pyrrole nitrogens is 1. The minimum atomic E-state index is -0.286. The van der Waals surface area contributed by atoms with Crippen LogP contribution in [0.4, 0.5) is 10.2 Å². The van der Waals surface area contributed by atoms with Crippen LogP contribution in [0, 0.1) is 18.7 Å². The Labute approximate surface area is 152 Å². The molecule has 1 N–H and O–H groups in total. The lowest BCUT2D eigenvalue weighted by Crippen LogP contribution is -2.44. The van der Waals surface area contributed by atoms with E-state index in [2.05, 4.69) is 29.7 Å². The number of hydrogen-bond donors (Lipinski definition) is 1. The van der Waals surface area contributed by atoms with Crippen LogP contribution in [0.1, 0.15) is 24.0 Å². The number of anilines is 1. The number of ether oxygens (including phenoxy) is 1. The van der Waals surface area contributed by atoms with Crippen LogP contribution in [0.3, 0.4) is 0 Å². The van der Waals surface area contributed by atoms with E-state index >= 15 is 0 Å². The lowest BCUT2D eigenvalue weighted by atomic mass is 10.1. The standard InChI is InChI=1S/C18H25FN6O/c1-3-15-17(19)18(23-11-21-15)25-5-13-4-24(14(6-25)9-26-8-13)7-16-12(2)20-10-22-16/h10-11,13-14H,3-9H2,1-2H3,(H,20,22)/t13-,14+/m1/s1. The lowest BCUT2D eigenvalue weighted by molar-refractivity contribution is 0.0868. The van der Waals surface area contributed by atoms with Crippen LogP contribution in [0.5, 0.6) is 0 Å². The van der Waals surface area contributed by atoms with E-state index < -0.39 is 0 Å². The van der Waals surface area contributed by atoms with Crippen molar-refractivity contribution >= 4 is 5.82 Å². The summed E-state index contributed by atoms with van der Waals surface area (Å²) in [5.41, 5.74) is 2.63. The zero-order valence-corrected chi connectivity index (χ0v) is 15.3. The predicted octanol–water partition coefficient (Wildman–Crippen LogP) is 1.55. The molecular formula is C18H25FN6O. The normalized spacial score (nSPS) is 23.9. The second-order valence-corrected chi connectivity index (χ2v) is 7.18. The smallest absolute Gasteiger partial charge is 0.187 e. The van der Waals surface area contributed by atoms with E-state index in [1.807, 2.05) is 13.8 Å². The fraction of sp³-hybridized carbons (Fsp3) is 0.611. The van der Waals surface area contributed by atoms with E-state index in [0.717, 1.165) is 31.0 Å². The number of aromatic amines is 1. The van der Waals surface area contributed by atoms with Gasteiger partial charge in [-0.15, -0.1) is 0 Å². The highest BCUT2D eigenvalue weighted by Gasteiger charge is 2.35. The Balaban J connectivity index is 1.59. The largest absolute Gasteiger partial charge is 0.379 e. The molecule has 8 heteroatoms. The average molecular weight is 360 g/mol. The van der Waals surface area contributed by atoms with Gasteiger partial charge in [-0.05, 0) is 13.3 Å². The van der Waals surface area contributed by atoms with Crippen molar-refractivity contribution in [3.05, 3.63) is 35.6 Å². The topological polar surface area (TPSA) is 70.2 Å². The van der Waals surface area contributed by atoms with Gasteiger partial charge < -0.3 is 14.6 Å². The maximum Gasteiger partial charge on any atom is 0.187 e. The van der Waals surface area contributed by atoms with Gasteiger partial charge in [0, 0.05) is 37.8 Å². The average Bonchev–Trinajstić information content (AvgIpc) is 2.83. The third-order valence-corrected chi connectivity index (χ3v) is 5.35. The van der Waals surface area contributed by atoms with E-state index in [1.165, 1.54) is 6.33 Å². The second-order valence-electron chi connectivity index (χ2n) is 7.18. The summed E-state index contributed by atoms with van der Waals surface area (Å²) in [5, 5.41) is 0. The zero-order valence-electron chi connectivity index (χ0n) is 15.3. The molecule has 2 aromatic heterocycles. The molecule has 0 amide bonds. The van der Waals surface area contributed by atoms with Gasteiger partial charge in [0.2, 0.25) is 0 Å². The van der Waals surface area contributed by atoms with Crippen molar-refractivity contribution in [1.82, 2.24) is 24.8 Å². The van der Waals surface area contributed by atoms with Gasteiger partial charge in [-0.2, -0.15) is 0 Å². The van der Waals surface area contributed by atoms with Gasteiger partial charge in [-0.1, -0.05) is 6.92 Å². The molecule has 0 saturated carbocycles. The molecule has 4 heterocycles. The number of aryl methyl sites for hydroxylation is 2. The Kier molecular flexibility index (Phi) is 4.86. The van der Waals surface area contributed by atoms with Crippen molar-refractivity contribution in [2.24, 2.45) is 5.92 Å². The molecule has 2 aliphatic rings. The molecule has 2 fully saturated rings. The number of rotatable bonds is 4. The Morgan fingerprint density at radius 2 is 2.08 bits per heavy atom. The summed E-state index contributed by atoms with van der Waals surface area (Å²) in [6.45, 7) is 8.41. The van der Waals surface area contributed by atoms with E-state index in [-0.39, 0.29) is 11.9 Å². The summed E-state index contributed by atoms with van der Waals surface area (Å²) in [7, 11) is 0. The number of nitrogens with one attached hydrogen (secondary N) is 1. The van der Waals surface area contributed by atoms with Crippen LogP contribution in [-0.4, -0.2) is 63.7 Å². The minimum absolute atomic E-state index is 0.179. The molecule has 0 unspecified atom stereocenters. The monoisotopic (exact) mass is 360 g/mol. The maximum absolute atomic E-state index is 14.8. The van der Waals surface area contributed by atoms with Crippen LogP contribution in [0.25, 0.3) is 0 Å². The third kappa shape index (κ3) is 3.31. The van der Waals surface area contributed by atoms with Gasteiger partial charge in [0.15, 0.2) is 11.6 Å². The summed E-state index contributed by atoms with van der Waals surface area (Å²) in [5.74, 6) is 0.443. The number of halogens is 1. The van der Waals surface area contributed by atoms with Crippen molar-refractivity contribution in [1.29, 1.82) is 0 Å². The summed E-state index contributed by atoms with van der Waals surface area (Å²) in [6.07, 6.45) is 3.77. The molecule has 4 rings (SSSR count). The van der Waals surface area contributed by atoms with E-state index in [4.69, 9.17) is 4.74 Å². The molecule has 2 bridgehead atoms. The highest BCUT2D eigenvalue weighted by atomic mass is 19.1. The van der Waals surface area contributed by atoms with Crippen molar-refractivity contribution in [3.63, 3.8) is 0 Å².